The highest BCUT2D eigenvalue weighted by atomic mass is 16.5. The van der Waals surface area contributed by atoms with Gasteiger partial charge in [0.1, 0.15) is 0 Å². The first-order valence-electron chi connectivity index (χ1n) is 5.84. The van der Waals surface area contributed by atoms with Crippen molar-refractivity contribution in [2.75, 3.05) is 26.3 Å². The van der Waals surface area contributed by atoms with Gasteiger partial charge in [-0.15, -0.1) is 5.01 Å². The summed E-state index contributed by atoms with van der Waals surface area (Å²) in [6.07, 6.45) is 1.39. The van der Waals surface area contributed by atoms with E-state index in [2.05, 4.69) is 10.3 Å². The molecule has 3 rings (SSSR count). The van der Waals surface area contributed by atoms with E-state index in [1.807, 2.05) is 35.2 Å². The molecule has 92 valence electrons. The van der Waals surface area contributed by atoms with Crippen molar-refractivity contribution in [2.24, 2.45) is 10.3 Å². The van der Waals surface area contributed by atoms with Crippen LogP contribution < -0.4 is 4.70 Å². The van der Waals surface area contributed by atoms with Gasteiger partial charge in [-0.25, -0.2) is 4.79 Å². The van der Waals surface area contributed by atoms with Gasteiger partial charge in [-0.1, -0.05) is 17.2 Å². The Labute approximate surface area is 104 Å². The molecule has 1 fully saturated rings. The number of carbonyl (C=O) groups excluding carboxylic acids is 1. The monoisotopic (exact) mass is 245 g/mol. The normalized spacial score (nSPS) is 26.7. The lowest BCUT2D eigenvalue weighted by molar-refractivity contribution is -0.0572. The molecule has 1 atom stereocenters. The smallest absolute Gasteiger partial charge is 0.234 e. The molecular formula is C12H13N4O2+. The van der Waals surface area contributed by atoms with E-state index in [1.165, 1.54) is 6.20 Å². The first kappa shape index (κ1) is 11.3. The summed E-state index contributed by atoms with van der Waals surface area (Å²) in [5, 5.41) is 10.5. The van der Waals surface area contributed by atoms with Crippen LogP contribution in [0.2, 0.25) is 0 Å². The second-order valence-corrected chi connectivity index (χ2v) is 4.14. The molecule has 18 heavy (non-hydrogen) atoms. The maximum atomic E-state index is 10.9. The van der Waals surface area contributed by atoms with Gasteiger partial charge in [-0.3, -0.25) is 0 Å². The summed E-state index contributed by atoms with van der Waals surface area (Å²) in [6, 6.07) is 7.64. The molecule has 0 bridgehead atoms. The van der Waals surface area contributed by atoms with E-state index in [1.54, 1.807) is 0 Å². The molecule has 0 N–H and O–H groups in total. The third-order valence-corrected chi connectivity index (χ3v) is 3.18. The summed E-state index contributed by atoms with van der Waals surface area (Å²) in [5.74, 6) is 1.85. The van der Waals surface area contributed by atoms with Gasteiger partial charge in [0.25, 0.3) is 0 Å². The Morgan fingerprint density at radius 1 is 1.33 bits per heavy atom. The second kappa shape index (κ2) is 4.44. The van der Waals surface area contributed by atoms with Crippen LogP contribution in [0, 0.1) is 0 Å². The lowest BCUT2D eigenvalue weighted by Gasteiger charge is -2.34. The molecule has 1 unspecified atom stereocenters. The Bertz CT molecular complexity index is 533. The lowest BCUT2D eigenvalue weighted by Crippen LogP contribution is -2.57. The van der Waals surface area contributed by atoms with Gasteiger partial charge in [0.2, 0.25) is 11.9 Å². The third-order valence-electron chi connectivity index (χ3n) is 3.18. The minimum atomic E-state index is -0.0248. The Balaban J connectivity index is 2.08. The molecule has 1 aromatic rings. The van der Waals surface area contributed by atoms with Gasteiger partial charge in [0.15, 0.2) is 11.6 Å². The van der Waals surface area contributed by atoms with Crippen molar-refractivity contribution in [1.82, 2.24) is 9.71 Å². The van der Waals surface area contributed by atoms with Gasteiger partial charge < -0.3 is 4.74 Å². The maximum Gasteiger partial charge on any atom is 0.234 e. The summed E-state index contributed by atoms with van der Waals surface area (Å²) in [6.45, 7) is 2.66. The number of nitrogens with zero attached hydrogens (tertiary/aromatic N) is 4. The van der Waals surface area contributed by atoms with Crippen molar-refractivity contribution in [3.8, 4) is 0 Å². The summed E-state index contributed by atoms with van der Waals surface area (Å²) in [7, 11) is 0. The maximum absolute atomic E-state index is 10.9. The van der Waals surface area contributed by atoms with E-state index in [0.29, 0.717) is 26.3 Å². The summed E-state index contributed by atoms with van der Waals surface area (Å²) in [5.41, 5.74) is 1.67. The zero-order chi connectivity index (χ0) is 12.4. The van der Waals surface area contributed by atoms with Crippen LogP contribution in [-0.4, -0.2) is 37.3 Å². The van der Waals surface area contributed by atoms with Crippen LogP contribution in [0.25, 0.3) is 0 Å². The molecule has 0 aromatic heterocycles. The van der Waals surface area contributed by atoms with Gasteiger partial charge in [0.05, 0.1) is 31.5 Å². The van der Waals surface area contributed by atoms with E-state index in [0.717, 1.165) is 11.4 Å². The fourth-order valence-corrected chi connectivity index (χ4v) is 2.31. The molecule has 6 heteroatoms. The van der Waals surface area contributed by atoms with Crippen molar-refractivity contribution in [3.63, 3.8) is 0 Å². The SMILES string of the molecule is O=C=C[N+]1(N2CCOCC2)N=Nc2ccccc21. The minimum absolute atomic E-state index is 0.0248. The molecule has 0 aliphatic carbocycles. The Morgan fingerprint density at radius 2 is 2.11 bits per heavy atom. The Kier molecular flexibility index (Phi) is 2.77. The number of morpholine rings is 1. The largest absolute Gasteiger partial charge is 0.378 e. The number of rotatable bonds is 2. The first-order valence-corrected chi connectivity index (χ1v) is 5.84. The predicted molar refractivity (Wildman–Crippen MR) is 65.4 cm³/mol. The van der Waals surface area contributed by atoms with Crippen molar-refractivity contribution < 1.29 is 9.53 Å². The highest BCUT2D eigenvalue weighted by Crippen LogP contribution is 2.42. The van der Waals surface area contributed by atoms with Crippen molar-refractivity contribution in [2.45, 2.75) is 0 Å². The summed E-state index contributed by atoms with van der Waals surface area (Å²) < 4.78 is 5.31. The Hall–Kier alpha value is -1.85. The molecule has 2 heterocycles. The zero-order valence-electron chi connectivity index (χ0n) is 9.82. The van der Waals surface area contributed by atoms with Crippen LogP contribution in [0.3, 0.4) is 0 Å². The number of hydrogen-bond acceptors (Lipinski definition) is 5. The molecular weight excluding hydrogens is 232 g/mol. The molecule has 0 radical (unpaired) electrons. The molecule has 0 amide bonds. The van der Waals surface area contributed by atoms with E-state index in [4.69, 9.17) is 4.74 Å². The van der Waals surface area contributed by atoms with E-state index >= 15 is 0 Å². The molecule has 1 aromatic carbocycles. The fourth-order valence-electron chi connectivity index (χ4n) is 2.31. The topological polar surface area (TPSA) is 54.3 Å². The highest BCUT2D eigenvalue weighted by molar-refractivity contribution is 5.68. The standard InChI is InChI=1S/C12H13N4O2/c17-8-7-16(15-5-9-18-10-6-15)12-4-2-1-3-11(12)13-14-16/h1-4,7H,5-6,9-10H2/q+1. The van der Waals surface area contributed by atoms with Crippen LogP contribution in [0.1, 0.15) is 0 Å². The molecule has 0 saturated carbocycles. The zero-order valence-corrected chi connectivity index (χ0v) is 9.82. The van der Waals surface area contributed by atoms with Crippen LogP contribution >= 0.6 is 0 Å². The number of benzene rings is 1. The second-order valence-electron chi connectivity index (χ2n) is 4.14. The average Bonchev–Trinajstić information content (AvgIpc) is 2.81. The van der Waals surface area contributed by atoms with E-state index in [-0.39, 0.29) is 4.70 Å². The van der Waals surface area contributed by atoms with Crippen LogP contribution in [0.4, 0.5) is 11.4 Å². The third kappa shape index (κ3) is 1.60. The van der Waals surface area contributed by atoms with Crippen LogP contribution in [0.5, 0.6) is 0 Å². The molecule has 6 nitrogen and oxygen atoms in total. The van der Waals surface area contributed by atoms with Crippen molar-refractivity contribution >= 4 is 17.3 Å². The molecule has 2 aliphatic heterocycles. The summed E-state index contributed by atoms with van der Waals surface area (Å²) >= 11 is 0. The summed E-state index contributed by atoms with van der Waals surface area (Å²) in [4.78, 5) is 10.9. The van der Waals surface area contributed by atoms with Crippen molar-refractivity contribution in [1.29, 1.82) is 0 Å². The molecule has 2 aliphatic rings. The van der Waals surface area contributed by atoms with E-state index < -0.39 is 0 Å². The molecule has 0 spiro atoms. The number of ether oxygens (including phenoxy) is 1. The van der Waals surface area contributed by atoms with Crippen molar-refractivity contribution in [3.05, 3.63) is 30.5 Å². The van der Waals surface area contributed by atoms with Gasteiger partial charge in [-0.2, -0.15) is 0 Å². The van der Waals surface area contributed by atoms with Crippen LogP contribution in [0.15, 0.2) is 40.8 Å². The highest BCUT2D eigenvalue weighted by Gasteiger charge is 2.45. The van der Waals surface area contributed by atoms with Gasteiger partial charge in [-0.05, 0) is 10.8 Å². The lowest BCUT2D eigenvalue weighted by atomic mass is 10.2. The Morgan fingerprint density at radius 3 is 2.89 bits per heavy atom. The van der Waals surface area contributed by atoms with Crippen LogP contribution in [-0.2, 0) is 9.53 Å². The number of para-hydroxylation sites is 1. The number of quaternary nitrogens is 1. The fraction of sp³-hybridized carbons (Fsp3) is 0.333. The van der Waals surface area contributed by atoms with E-state index in [9.17, 15) is 4.79 Å². The van der Waals surface area contributed by atoms with Gasteiger partial charge >= 0.3 is 0 Å². The average molecular weight is 245 g/mol. The number of hydrogen-bond donors (Lipinski definition) is 0. The molecule has 1 saturated heterocycles. The van der Waals surface area contributed by atoms with Gasteiger partial charge in [0, 0.05) is 6.07 Å². The predicted octanol–water partition coefficient (Wildman–Crippen LogP) is 1.60. The minimum Gasteiger partial charge on any atom is -0.378 e. The quantitative estimate of drug-likeness (QED) is 0.587. The first-order chi connectivity index (χ1) is 8.87. The number of fused-ring (bicyclic) bond motifs is 1.